The van der Waals surface area contributed by atoms with Crippen LogP contribution >= 0.6 is 0 Å². The maximum Gasteiger partial charge on any atom is 0.264 e. The predicted octanol–water partition coefficient (Wildman–Crippen LogP) is 4.93. The van der Waals surface area contributed by atoms with E-state index in [-0.39, 0.29) is 23.8 Å². The largest absolute Gasteiger partial charge is 0.494 e. The smallest absolute Gasteiger partial charge is 0.264 e. The topological polar surface area (TPSA) is 75.7 Å². The number of sulfonamides is 1. The highest BCUT2D eigenvalue weighted by Gasteiger charge is 2.25. The second kappa shape index (κ2) is 10.3. The minimum absolute atomic E-state index is 0.00613. The number of aryl methyl sites for hydroxylation is 2. The Morgan fingerprint density at radius 1 is 0.875 bits per heavy atom. The average Bonchev–Trinajstić information content (AvgIpc) is 2.77. The van der Waals surface area contributed by atoms with Crippen molar-refractivity contribution in [2.75, 3.05) is 22.8 Å². The second-order valence-corrected chi connectivity index (χ2v) is 9.34. The molecule has 0 aromatic heterocycles. The average molecular weight is 453 g/mol. The molecule has 0 aliphatic heterocycles. The Hall–Kier alpha value is -3.32. The third-order valence-electron chi connectivity index (χ3n) is 4.92. The monoisotopic (exact) mass is 452 g/mol. The van der Waals surface area contributed by atoms with Gasteiger partial charge in [-0.15, -0.1) is 0 Å². The molecule has 0 fully saturated rings. The summed E-state index contributed by atoms with van der Waals surface area (Å²) >= 11 is 0. The first-order valence-corrected chi connectivity index (χ1v) is 11.9. The quantitative estimate of drug-likeness (QED) is 0.500. The molecule has 3 aromatic carbocycles. The van der Waals surface area contributed by atoms with Crippen LogP contribution in [0.2, 0.25) is 0 Å². The molecule has 3 aromatic rings. The molecule has 0 atom stereocenters. The van der Waals surface area contributed by atoms with E-state index in [1.807, 2.05) is 32.9 Å². The molecular formula is C25H28N2O4S. The fraction of sp³-hybridized carbons (Fsp3) is 0.240. The maximum atomic E-state index is 13.4. The lowest BCUT2D eigenvalue weighted by atomic mass is 10.2. The zero-order valence-electron chi connectivity index (χ0n) is 18.5. The molecule has 3 rings (SSSR count). The summed E-state index contributed by atoms with van der Waals surface area (Å²) in [5.41, 5.74) is 3.14. The molecule has 0 unspecified atom stereocenters. The Kier molecular flexibility index (Phi) is 7.53. The van der Waals surface area contributed by atoms with Gasteiger partial charge < -0.3 is 10.1 Å². The Morgan fingerprint density at radius 3 is 2.00 bits per heavy atom. The molecule has 0 saturated carbocycles. The number of ether oxygens (including phenoxy) is 1. The van der Waals surface area contributed by atoms with Crippen LogP contribution in [0.3, 0.4) is 0 Å². The van der Waals surface area contributed by atoms with Crippen LogP contribution in [-0.2, 0) is 14.8 Å². The van der Waals surface area contributed by atoms with Crippen molar-refractivity contribution in [3.05, 3.63) is 83.9 Å². The van der Waals surface area contributed by atoms with E-state index in [0.717, 1.165) is 16.9 Å². The molecule has 1 N–H and O–H groups in total. The highest BCUT2D eigenvalue weighted by Crippen LogP contribution is 2.25. The number of anilines is 2. The van der Waals surface area contributed by atoms with Gasteiger partial charge in [-0.25, -0.2) is 8.42 Å². The number of carbonyl (C=O) groups is 1. The van der Waals surface area contributed by atoms with Crippen molar-refractivity contribution in [2.24, 2.45) is 0 Å². The van der Waals surface area contributed by atoms with E-state index >= 15 is 0 Å². The standard InChI is InChI=1S/C25H28N2O4S/c1-4-31-23-13-9-21(10-14-23)26-25(28)17-18-27(22-11-5-19(2)6-12-22)32(29,30)24-15-7-20(3)8-16-24/h5-16H,4,17-18H2,1-3H3,(H,26,28). The van der Waals surface area contributed by atoms with E-state index in [4.69, 9.17) is 4.74 Å². The van der Waals surface area contributed by atoms with Crippen molar-refractivity contribution >= 4 is 27.3 Å². The fourth-order valence-electron chi connectivity index (χ4n) is 3.16. The Balaban J connectivity index is 1.77. The van der Waals surface area contributed by atoms with Crippen molar-refractivity contribution in [3.8, 4) is 5.75 Å². The van der Waals surface area contributed by atoms with Gasteiger partial charge in [-0.05, 0) is 69.3 Å². The summed E-state index contributed by atoms with van der Waals surface area (Å²) in [6, 6.07) is 21.0. The molecule has 0 aliphatic rings. The van der Waals surface area contributed by atoms with E-state index in [1.165, 1.54) is 4.31 Å². The molecule has 7 heteroatoms. The van der Waals surface area contributed by atoms with Gasteiger partial charge in [-0.2, -0.15) is 0 Å². The summed E-state index contributed by atoms with van der Waals surface area (Å²) in [7, 11) is -3.83. The third kappa shape index (κ3) is 5.88. The lowest BCUT2D eigenvalue weighted by Crippen LogP contribution is -2.34. The maximum absolute atomic E-state index is 13.4. The van der Waals surface area contributed by atoms with Crippen LogP contribution in [0, 0.1) is 13.8 Å². The predicted molar refractivity (Wildman–Crippen MR) is 128 cm³/mol. The van der Waals surface area contributed by atoms with E-state index < -0.39 is 10.0 Å². The van der Waals surface area contributed by atoms with Crippen LogP contribution < -0.4 is 14.4 Å². The Labute approximate surface area is 189 Å². The molecule has 0 aliphatic carbocycles. The summed E-state index contributed by atoms with van der Waals surface area (Å²) in [6.45, 7) is 6.32. The van der Waals surface area contributed by atoms with Gasteiger partial charge in [0.05, 0.1) is 17.2 Å². The summed E-state index contributed by atoms with van der Waals surface area (Å²) < 4.78 is 33.4. The molecule has 6 nitrogen and oxygen atoms in total. The van der Waals surface area contributed by atoms with Crippen molar-refractivity contribution in [2.45, 2.75) is 32.1 Å². The lowest BCUT2D eigenvalue weighted by Gasteiger charge is -2.24. The number of rotatable bonds is 9. The highest BCUT2D eigenvalue weighted by molar-refractivity contribution is 7.92. The summed E-state index contributed by atoms with van der Waals surface area (Å²) in [4.78, 5) is 12.7. The van der Waals surface area contributed by atoms with Crippen molar-refractivity contribution in [1.82, 2.24) is 0 Å². The third-order valence-corrected chi connectivity index (χ3v) is 6.76. The number of carbonyl (C=O) groups excluding carboxylic acids is 1. The molecule has 32 heavy (non-hydrogen) atoms. The molecule has 0 spiro atoms. The lowest BCUT2D eigenvalue weighted by molar-refractivity contribution is -0.116. The van der Waals surface area contributed by atoms with Gasteiger partial charge in [0.2, 0.25) is 5.91 Å². The number of hydrogen-bond donors (Lipinski definition) is 1. The highest BCUT2D eigenvalue weighted by atomic mass is 32.2. The van der Waals surface area contributed by atoms with Crippen LogP contribution in [0.4, 0.5) is 11.4 Å². The van der Waals surface area contributed by atoms with E-state index in [0.29, 0.717) is 18.0 Å². The molecule has 0 saturated heterocycles. The zero-order chi connectivity index (χ0) is 23.1. The fourth-order valence-corrected chi connectivity index (χ4v) is 4.63. The minimum atomic E-state index is -3.83. The van der Waals surface area contributed by atoms with Gasteiger partial charge in [-0.1, -0.05) is 35.4 Å². The molecule has 1 amide bonds. The molecule has 0 bridgehead atoms. The van der Waals surface area contributed by atoms with Gasteiger partial charge >= 0.3 is 0 Å². The van der Waals surface area contributed by atoms with Crippen molar-refractivity contribution in [1.29, 1.82) is 0 Å². The van der Waals surface area contributed by atoms with Crippen LogP contribution in [0.1, 0.15) is 24.5 Å². The molecule has 0 radical (unpaired) electrons. The van der Waals surface area contributed by atoms with Gasteiger partial charge in [0.25, 0.3) is 10.0 Å². The van der Waals surface area contributed by atoms with Gasteiger partial charge in [0.1, 0.15) is 5.75 Å². The van der Waals surface area contributed by atoms with Gasteiger partial charge in [-0.3, -0.25) is 9.10 Å². The van der Waals surface area contributed by atoms with E-state index in [9.17, 15) is 13.2 Å². The number of amides is 1. The van der Waals surface area contributed by atoms with Gasteiger partial charge in [0.15, 0.2) is 0 Å². The van der Waals surface area contributed by atoms with Crippen LogP contribution in [-0.4, -0.2) is 27.5 Å². The molecule has 0 heterocycles. The molecule has 168 valence electrons. The number of hydrogen-bond acceptors (Lipinski definition) is 4. The SMILES string of the molecule is CCOc1ccc(NC(=O)CCN(c2ccc(C)cc2)S(=O)(=O)c2ccc(C)cc2)cc1. The first-order valence-electron chi connectivity index (χ1n) is 10.5. The minimum Gasteiger partial charge on any atom is -0.494 e. The number of nitrogens with zero attached hydrogens (tertiary/aromatic N) is 1. The number of nitrogens with one attached hydrogen (secondary N) is 1. The zero-order valence-corrected chi connectivity index (χ0v) is 19.4. The normalized spacial score (nSPS) is 11.1. The molecular weight excluding hydrogens is 424 g/mol. The Bertz CT molecular complexity index is 1140. The van der Waals surface area contributed by atoms with Crippen LogP contribution in [0.15, 0.2) is 77.7 Å². The first-order chi connectivity index (χ1) is 15.3. The number of benzene rings is 3. The van der Waals surface area contributed by atoms with Crippen molar-refractivity contribution < 1.29 is 17.9 Å². The Morgan fingerprint density at radius 2 is 1.44 bits per heavy atom. The second-order valence-electron chi connectivity index (χ2n) is 7.48. The van der Waals surface area contributed by atoms with E-state index in [2.05, 4.69) is 5.32 Å². The van der Waals surface area contributed by atoms with Gasteiger partial charge in [0, 0.05) is 18.7 Å². The van der Waals surface area contributed by atoms with E-state index in [1.54, 1.807) is 60.7 Å². The summed E-state index contributed by atoms with van der Waals surface area (Å²) in [6.07, 6.45) is 0.00613. The van der Waals surface area contributed by atoms with Crippen molar-refractivity contribution in [3.63, 3.8) is 0 Å². The first kappa shape index (κ1) is 23.3. The summed E-state index contributed by atoms with van der Waals surface area (Å²) in [5.74, 6) is 0.450. The van der Waals surface area contributed by atoms with Crippen LogP contribution in [0.5, 0.6) is 5.75 Å². The van der Waals surface area contributed by atoms with Crippen LogP contribution in [0.25, 0.3) is 0 Å². The summed E-state index contributed by atoms with van der Waals surface area (Å²) in [5, 5.41) is 2.81.